The van der Waals surface area contributed by atoms with Crippen LogP contribution < -0.4 is 5.73 Å². The van der Waals surface area contributed by atoms with Gasteiger partial charge >= 0.3 is 0 Å². The fourth-order valence-corrected chi connectivity index (χ4v) is 0.241. The molecule has 0 fully saturated rings. The third kappa shape index (κ3) is 0.274. The molecule has 0 bridgehead atoms. The fourth-order valence-electron chi connectivity index (χ4n) is 0.241. The highest BCUT2D eigenvalue weighted by atomic mass is 14.6. The standard InChI is InChI=1S/C4H7N/c1-3-2-4(3)5/h2-3H,5H2,1H3/t3-/m1/s1. The van der Waals surface area contributed by atoms with E-state index >= 15 is 0 Å². The van der Waals surface area contributed by atoms with Gasteiger partial charge in [-0.25, -0.2) is 0 Å². The van der Waals surface area contributed by atoms with Crippen molar-refractivity contribution in [1.82, 2.24) is 0 Å². The van der Waals surface area contributed by atoms with Gasteiger partial charge < -0.3 is 5.73 Å². The van der Waals surface area contributed by atoms with Gasteiger partial charge in [0.25, 0.3) is 0 Å². The highest BCUT2D eigenvalue weighted by Gasteiger charge is 2.12. The van der Waals surface area contributed by atoms with E-state index in [1.54, 1.807) is 0 Å². The Morgan fingerprint density at radius 3 is 2.20 bits per heavy atom. The number of hydrogen-bond donors (Lipinski definition) is 1. The summed E-state index contributed by atoms with van der Waals surface area (Å²) in [5.74, 6) is 0.620. The summed E-state index contributed by atoms with van der Waals surface area (Å²) in [5, 5.41) is 0. The molecular formula is C4H7N. The molecule has 1 aliphatic carbocycles. The zero-order valence-corrected chi connectivity index (χ0v) is 3.23. The van der Waals surface area contributed by atoms with Gasteiger partial charge in [0.1, 0.15) is 0 Å². The molecule has 0 saturated carbocycles. The molecule has 1 heteroatoms. The van der Waals surface area contributed by atoms with Crippen molar-refractivity contribution in [2.24, 2.45) is 11.7 Å². The van der Waals surface area contributed by atoms with Gasteiger partial charge in [0.15, 0.2) is 0 Å². The fraction of sp³-hybridized carbons (Fsp3) is 0.500. The van der Waals surface area contributed by atoms with Crippen molar-refractivity contribution >= 4 is 0 Å². The molecule has 1 nitrogen and oxygen atoms in total. The maximum atomic E-state index is 5.23. The molecule has 0 unspecified atom stereocenters. The van der Waals surface area contributed by atoms with Crippen LogP contribution in [0.5, 0.6) is 0 Å². The Balaban J connectivity index is 2.38. The summed E-state index contributed by atoms with van der Waals surface area (Å²) in [7, 11) is 0. The van der Waals surface area contributed by atoms with Crippen molar-refractivity contribution in [3.8, 4) is 0 Å². The van der Waals surface area contributed by atoms with E-state index in [1.165, 1.54) is 0 Å². The molecule has 2 N–H and O–H groups in total. The van der Waals surface area contributed by atoms with E-state index in [1.807, 2.05) is 6.08 Å². The first-order chi connectivity index (χ1) is 2.30. The van der Waals surface area contributed by atoms with E-state index in [-0.39, 0.29) is 0 Å². The van der Waals surface area contributed by atoms with Gasteiger partial charge in [0.2, 0.25) is 0 Å². The van der Waals surface area contributed by atoms with Crippen molar-refractivity contribution in [3.05, 3.63) is 11.8 Å². The minimum absolute atomic E-state index is 0.620. The van der Waals surface area contributed by atoms with E-state index in [4.69, 9.17) is 5.73 Å². The highest BCUT2D eigenvalue weighted by molar-refractivity contribution is 5.23. The van der Waals surface area contributed by atoms with Crippen LogP contribution in [0.25, 0.3) is 0 Å². The predicted octanol–water partition coefficient (Wildman–Crippen LogP) is 0.479. The molecule has 1 aliphatic rings. The molecule has 0 radical (unpaired) electrons. The summed E-state index contributed by atoms with van der Waals surface area (Å²) in [6, 6.07) is 0. The maximum absolute atomic E-state index is 5.23. The van der Waals surface area contributed by atoms with Crippen molar-refractivity contribution in [2.45, 2.75) is 6.92 Å². The second-order valence-corrected chi connectivity index (χ2v) is 1.46. The Labute approximate surface area is 31.5 Å². The molecule has 0 amide bonds. The lowest BCUT2D eigenvalue weighted by atomic mass is 10.4. The predicted molar refractivity (Wildman–Crippen MR) is 21.4 cm³/mol. The van der Waals surface area contributed by atoms with Crippen LogP contribution in [0.15, 0.2) is 11.8 Å². The summed E-state index contributed by atoms with van der Waals surface area (Å²) in [6.07, 6.45) is 2.03. The molecule has 1 atom stereocenters. The Hall–Kier alpha value is -0.460. The van der Waals surface area contributed by atoms with E-state index in [9.17, 15) is 0 Å². The van der Waals surface area contributed by atoms with E-state index in [2.05, 4.69) is 6.92 Å². The number of nitrogens with two attached hydrogens (primary N) is 1. The Kier molecular flexibility index (Phi) is 0.295. The van der Waals surface area contributed by atoms with Crippen molar-refractivity contribution in [2.75, 3.05) is 0 Å². The number of allylic oxidation sites excluding steroid dienone is 2. The topological polar surface area (TPSA) is 26.0 Å². The van der Waals surface area contributed by atoms with Crippen molar-refractivity contribution in [1.29, 1.82) is 0 Å². The lowest BCUT2D eigenvalue weighted by molar-refractivity contribution is 1.02. The van der Waals surface area contributed by atoms with Crippen LogP contribution in [-0.4, -0.2) is 0 Å². The van der Waals surface area contributed by atoms with Crippen LogP contribution in [-0.2, 0) is 0 Å². The quantitative estimate of drug-likeness (QED) is 0.440. The molecule has 0 heterocycles. The van der Waals surface area contributed by atoms with E-state index in [0.717, 1.165) is 5.70 Å². The first kappa shape index (κ1) is 2.76. The minimum Gasteiger partial charge on any atom is -0.402 e. The van der Waals surface area contributed by atoms with Crippen LogP contribution in [0.1, 0.15) is 6.92 Å². The van der Waals surface area contributed by atoms with E-state index in [0.29, 0.717) is 5.92 Å². The Bertz CT molecular complexity index is 73.7. The molecule has 0 aromatic rings. The normalized spacial score (nSPS) is 33.0. The van der Waals surface area contributed by atoms with Crippen LogP contribution >= 0.6 is 0 Å². The van der Waals surface area contributed by atoms with Gasteiger partial charge in [-0.1, -0.05) is 13.0 Å². The van der Waals surface area contributed by atoms with Crippen molar-refractivity contribution in [3.63, 3.8) is 0 Å². The third-order valence-corrected chi connectivity index (χ3v) is 0.859. The van der Waals surface area contributed by atoms with Gasteiger partial charge in [-0.3, -0.25) is 0 Å². The van der Waals surface area contributed by atoms with Gasteiger partial charge in [-0.2, -0.15) is 0 Å². The van der Waals surface area contributed by atoms with Gasteiger partial charge in [-0.15, -0.1) is 0 Å². The van der Waals surface area contributed by atoms with Crippen LogP contribution in [0.2, 0.25) is 0 Å². The zero-order valence-electron chi connectivity index (χ0n) is 3.23. The number of hydrogen-bond acceptors (Lipinski definition) is 1. The molecule has 5 heavy (non-hydrogen) atoms. The smallest absolute Gasteiger partial charge is 0.0153 e. The second kappa shape index (κ2) is 0.534. The third-order valence-electron chi connectivity index (χ3n) is 0.859. The Morgan fingerprint density at radius 2 is 2.20 bits per heavy atom. The monoisotopic (exact) mass is 69.1 g/mol. The molecule has 0 aromatic carbocycles. The molecule has 28 valence electrons. The molecule has 0 aromatic heterocycles. The second-order valence-electron chi connectivity index (χ2n) is 1.46. The van der Waals surface area contributed by atoms with Crippen LogP contribution in [0.3, 0.4) is 0 Å². The lowest BCUT2D eigenvalue weighted by Gasteiger charge is -1.70. The van der Waals surface area contributed by atoms with Gasteiger partial charge in [-0.05, 0) is 0 Å². The average Bonchev–Trinajstić information content (AvgIpc) is 1.79. The van der Waals surface area contributed by atoms with Crippen molar-refractivity contribution < 1.29 is 0 Å². The lowest BCUT2D eigenvalue weighted by Crippen LogP contribution is -1.83. The maximum Gasteiger partial charge on any atom is 0.0153 e. The largest absolute Gasteiger partial charge is 0.402 e. The van der Waals surface area contributed by atoms with Gasteiger partial charge in [0.05, 0.1) is 0 Å². The summed E-state index contributed by atoms with van der Waals surface area (Å²) in [6.45, 7) is 2.08. The van der Waals surface area contributed by atoms with Crippen LogP contribution in [0.4, 0.5) is 0 Å². The minimum atomic E-state index is 0.620. The molecule has 1 rings (SSSR count). The molecular weight excluding hydrogens is 62.1 g/mol. The SMILES string of the molecule is C[C@@H]1C=C1N. The summed E-state index contributed by atoms with van der Waals surface area (Å²) in [4.78, 5) is 0. The van der Waals surface area contributed by atoms with Crippen LogP contribution in [0, 0.1) is 5.92 Å². The van der Waals surface area contributed by atoms with Gasteiger partial charge in [0, 0.05) is 11.6 Å². The first-order valence-corrected chi connectivity index (χ1v) is 1.78. The first-order valence-electron chi connectivity index (χ1n) is 1.78. The molecule has 0 spiro atoms. The number of rotatable bonds is 0. The summed E-state index contributed by atoms with van der Waals surface area (Å²) in [5.41, 5.74) is 6.27. The highest BCUT2D eigenvalue weighted by Crippen LogP contribution is 2.20. The molecule has 0 aliphatic heterocycles. The average molecular weight is 69.1 g/mol. The van der Waals surface area contributed by atoms with E-state index < -0.39 is 0 Å². The molecule has 0 saturated heterocycles. The Morgan fingerprint density at radius 1 is 2.00 bits per heavy atom. The zero-order chi connectivity index (χ0) is 3.86. The summed E-state index contributed by atoms with van der Waals surface area (Å²) < 4.78 is 0. The summed E-state index contributed by atoms with van der Waals surface area (Å²) >= 11 is 0.